The lowest BCUT2D eigenvalue weighted by atomic mass is 9.99. The topological polar surface area (TPSA) is 122 Å². The van der Waals surface area contributed by atoms with Gasteiger partial charge in [-0.15, -0.1) is 13.2 Å². The molecule has 12 heteroatoms. The van der Waals surface area contributed by atoms with Crippen LogP contribution in [0.1, 0.15) is 29.9 Å². The van der Waals surface area contributed by atoms with Crippen LogP contribution in [-0.2, 0) is 11.2 Å². The molecule has 2 aromatic carbocycles. The molecule has 3 atom stereocenters. The zero-order chi connectivity index (χ0) is 26.7. The first-order valence-corrected chi connectivity index (χ1v) is 11.8. The number of benzene rings is 2. The number of halogens is 3. The zero-order valence-electron chi connectivity index (χ0n) is 19.6. The molecule has 2 heterocycles. The number of nitrogens with zero attached hydrogens (tertiary/aromatic N) is 1. The number of aromatic nitrogens is 1. The van der Waals surface area contributed by atoms with Gasteiger partial charge in [0.15, 0.2) is 0 Å². The van der Waals surface area contributed by atoms with Crippen LogP contribution in [0.4, 0.5) is 29.5 Å². The lowest BCUT2D eigenvalue weighted by Gasteiger charge is -2.20. The van der Waals surface area contributed by atoms with Crippen LogP contribution < -0.4 is 25.4 Å². The van der Waals surface area contributed by atoms with Crippen LogP contribution in [0.25, 0.3) is 0 Å². The summed E-state index contributed by atoms with van der Waals surface area (Å²) in [6.45, 7) is 0. The third-order valence-corrected chi connectivity index (χ3v) is 7.03. The third-order valence-electron chi connectivity index (χ3n) is 7.03. The Kier molecular flexibility index (Phi) is 5.37. The van der Waals surface area contributed by atoms with E-state index in [0.717, 1.165) is 24.1 Å². The summed E-state index contributed by atoms with van der Waals surface area (Å²) in [5.41, 5.74) is 1.24. The van der Waals surface area contributed by atoms with E-state index in [4.69, 9.17) is 4.74 Å². The van der Waals surface area contributed by atoms with E-state index >= 15 is 0 Å². The number of fused-ring (bicyclic) bond motifs is 2. The molecule has 1 aromatic heterocycles. The Morgan fingerprint density at radius 3 is 2.61 bits per heavy atom. The molecule has 38 heavy (non-hydrogen) atoms. The quantitative estimate of drug-likeness (QED) is 0.357. The number of anilines is 2. The van der Waals surface area contributed by atoms with Crippen molar-refractivity contribution < 1.29 is 37.3 Å². The second-order valence-electron chi connectivity index (χ2n) is 9.49. The van der Waals surface area contributed by atoms with Crippen LogP contribution in [0, 0.1) is 5.92 Å². The van der Waals surface area contributed by atoms with Gasteiger partial charge in [0.2, 0.25) is 5.91 Å². The van der Waals surface area contributed by atoms with E-state index in [0.29, 0.717) is 41.4 Å². The smallest absolute Gasteiger partial charge is 0.508 e. The fraction of sp³-hybridized carbons (Fsp3) is 0.269. The SMILES string of the molecule is O=C1CCc2c(Oc3ccc(O)c(C4C5CC54NC(=O)Nc4ccc(OC(F)(F)F)cc4)c3)ccnc2N1. The number of alkyl halides is 3. The number of amides is 3. The molecule has 4 N–H and O–H groups in total. The van der Waals surface area contributed by atoms with Gasteiger partial charge in [-0.25, -0.2) is 9.78 Å². The maximum absolute atomic E-state index is 12.6. The Hall–Kier alpha value is -4.48. The van der Waals surface area contributed by atoms with E-state index in [1.807, 2.05) is 0 Å². The van der Waals surface area contributed by atoms with Gasteiger partial charge in [-0.05, 0) is 67.3 Å². The molecule has 196 valence electrons. The molecule has 2 fully saturated rings. The van der Waals surface area contributed by atoms with Crippen molar-refractivity contribution in [3.8, 4) is 23.0 Å². The average Bonchev–Trinajstić information content (AvgIpc) is 3.71. The molecular formula is C26H21F3N4O5. The number of phenolic OH excluding ortho intramolecular Hbond substituents is 1. The van der Waals surface area contributed by atoms with Crippen molar-refractivity contribution >= 4 is 23.4 Å². The number of urea groups is 1. The summed E-state index contributed by atoms with van der Waals surface area (Å²) in [6.07, 6.45) is -1.67. The highest BCUT2D eigenvalue weighted by molar-refractivity contribution is 5.93. The van der Waals surface area contributed by atoms with Crippen LogP contribution in [0.15, 0.2) is 54.7 Å². The van der Waals surface area contributed by atoms with Crippen molar-refractivity contribution in [2.45, 2.75) is 37.1 Å². The lowest BCUT2D eigenvalue weighted by molar-refractivity contribution is -0.274. The van der Waals surface area contributed by atoms with Crippen LogP contribution in [0.3, 0.4) is 0 Å². The molecule has 3 amide bonds. The normalized spacial score (nSPS) is 22.9. The number of carbonyl (C=O) groups excluding carboxylic acids is 2. The summed E-state index contributed by atoms with van der Waals surface area (Å²) in [6, 6.07) is 11.0. The van der Waals surface area contributed by atoms with Gasteiger partial charge in [0, 0.05) is 35.3 Å². The van der Waals surface area contributed by atoms with Gasteiger partial charge in [-0.1, -0.05) is 0 Å². The minimum Gasteiger partial charge on any atom is -0.508 e. The van der Waals surface area contributed by atoms with Gasteiger partial charge in [0.25, 0.3) is 0 Å². The highest BCUT2D eigenvalue weighted by Crippen LogP contribution is 2.77. The Morgan fingerprint density at radius 2 is 1.87 bits per heavy atom. The van der Waals surface area contributed by atoms with Gasteiger partial charge < -0.3 is 30.5 Å². The minimum atomic E-state index is -4.79. The molecule has 1 aliphatic heterocycles. The van der Waals surface area contributed by atoms with Gasteiger partial charge >= 0.3 is 12.4 Å². The fourth-order valence-electron chi connectivity index (χ4n) is 5.06. The molecular weight excluding hydrogens is 505 g/mol. The summed E-state index contributed by atoms with van der Waals surface area (Å²) in [4.78, 5) is 28.4. The molecule has 0 bridgehead atoms. The number of pyridine rings is 1. The number of ether oxygens (including phenoxy) is 2. The molecule has 0 spiro atoms. The molecule has 0 radical (unpaired) electrons. The maximum Gasteiger partial charge on any atom is 0.573 e. The van der Waals surface area contributed by atoms with Gasteiger partial charge in [0.05, 0.1) is 5.54 Å². The van der Waals surface area contributed by atoms with E-state index in [-0.39, 0.29) is 29.2 Å². The molecule has 2 aliphatic carbocycles. The fourth-order valence-corrected chi connectivity index (χ4v) is 5.06. The van der Waals surface area contributed by atoms with E-state index in [1.54, 1.807) is 24.4 Å². The monoisotopic (exact) mass is 526 g/mol. The predicted molar refractivity (Wildman–Crippen MR) is 128 cm³/mol. The van der Waals surface area contributed by atoms with Crippen molar-refractivity contribution in [3.63, 3.8) is 0 Å². The lowest BCUT2D eigenvalue weighted by Crippen LogP contribution is -2.36. The van der Waals surface area contributed by atoms with E-state index in [1.165, 1.54) is 18.2 Å². The second-order valence-corrected chi connectivity index (χ2v) is 9.49. The number of carbonyl (C=O) groups is 2. The van der Waals surface area contributed by atoms with Crippen molar-refractivity contribution in [2.75, 3.05) is 10.6 Å². The van der Waals surface area contributed by atoms with Crippen molar-refractivity contribution in [1.29, 1.82) is 0 Å². The highest BCUT2D eigenvalue weighted by Gasteiger charge is 2.80. The van der Waals surface area contributed by atoms with Gasteiger partial charge in [-0.2, -0.15) is 0 Å². The molecule has 0 saturated heterocycles. The first-order valence-electron chi connectivity index (χ1n) is 11.8. The van der Waals surface area contributed by atoms with Gasteiger partial charge in [0.1, 0.15) is 28.8 Å². The Balaban J connectivity index is 1.11. The van der Waals surface area contributed by atoms with Crippen molar-refractivity contribution in [1.82, 2.24) is 10.3 Å². The first kappa shape index (κ1) is 23.9. The number of hydrogen-bond acceptors (Lipinski definition) is 6. The summed E-state index contributed by atoms with van der Waals surface area (Å²) >= 11 is 0. The van der Waals surface area contributed by atoms with Crippen molar-refractivity contribution in [2.24, 2.45) is 5.92 Å². The predicted octanol–water partition coefficient (Wildman–Crippen LogP) is 5.04. The largest absolute Gasteiger partial charge is 0.573 e. The molecule has 3 aliphatic rings. The van der Waals surface area contributed by atoms with Crippen LogP contribution in [-0.4, -0.2) is 33.9 Å². The molecule has 6 rings (SSSR count). The molecule has 2 saturated carbocycles. The Bertz CT molecular complexity index is 1450. The molecule has 9 nitrogen and oxygen atoms in total. The number of hydrogen-bond donors (Lipinski definition) is 4. The average molecular weight is 526 g/mol. The summed E-state index contributed by atoms with van der Waals surface area (Å²) in [7, 11) is 0. The standard InChI is InChI=1S/C26H21F3N4O5/c27-26(28,29)38-14-3-1-13(2-4-14)31-24(36)33-25-12-18(25)22(25)17-11-15(5-7-19(17)34)37-20-9-10-30-23-16(20)6-8-21(35)32-23/h1-5,7,9-11,18,22,34H,6,8,12H2,(H,30,32,35)(H2,31,33,36). The summed E-state index contributed by atoms with van der Waals surface area (Å²) in [5.74, 6) is 1.17. The number of phenols is 1. The number of rotatable bonds is 6. The second kappa shape index (κ2) is 8.54. The van der Waals surface area contributed by atoms with Crippen LogP contribution >= 0.6 is 0 Å². The van der Waals surface area contributed by atoms with E-state index < -0.39 is 17.9 Å². The number of nitrogens with one attached hydrogen (secondary N) is 3. The van der Waals surface area contributed by atoms with Gasteiger partial charge in [-0.3, -0.25) is 4.79 Å². The summed E-state index contributed by atoms with van der Waals surface area (Å²) < 4.78 is 46.9. The zero-order valence-corrected chi connectivity index (χ0v) is 19.6. The Morgan fingerprint density at radius 1 is 1.11 bits per heavy atom. The number of aromatic hydroxyl groups is 1. The maximum atomic E-state index is 12.6. The van der Waals surface area contributed by atoms with E-state index in [2.05, 4.69) is 25.7 Å². The molecule has 3 aromatic rings. The Labute approximate surface area is 214 Å². The van der Waals surface area contributed by atoms with Crippen LogP contribution in [0.2, 0.25) is 0 Å². The minimum absolute atomic E-state index is 0.0837. The first-order chi connectivity index (χ1) is 18.1. The van der Waals surface area contributed by atoms with E-state index in [9.17, 15) is 27.9 Å². The third kappa shape index (κ3) is 4.53. The summed E-state index contributed by atoms with van der Waals surface area (Å²) in [5, 5.41) is 18.8. The van der Waals surface area contributed by atoms with Crippen molar-refractivity contribution in [3.05, 3.63) is 65.9 Å². The molecule has 3 unspecified atom stereocenters. The highest BCUT2D eigenvalue weighted by atomic mass is 19.4. The van der Waals surface area contributed by atoms with Crippen LogP contribution in [0.5, 0.6) is 23.0 Å².